The Morgan fingerprint density at radius 1 is 0.408 bits per heavy atom. The van der Waals surface area contributed by atoms with E-state index in [0.29, 0.717) is 5.75 Å². The lowest BCUT2D eigenvalue weighted by molar-refractivity contribution is -0.193. The molecule has 0 fully saturated rings. The molecule has 2 nitrogen and oxygen atoms in total. The fraction of sp³-hybridized carbons (Fsp3) is 0.0667. The molecule has 244 valence electrons. The minimum absolute atomic E-state index is 0. The van der Waals surface area contributed by atoms with Crippen molar-refractivity contribution >= 4 is 52.4 Å². The van der Waals surface area contributed by atoms with Crippen molar-refractivity contribution in [1.82, 2.24) is 0 Å². The zero-order chi connectivity index (χ0) is 33.4. The van der Waals surface area contributed by atoms with Crippen LogP contribution in [0.5, 0.6) is 5.75 Å². The van der Waals surface area contributed by atoms with E-state index < -0.39 is 15.6 Å². The van der Waals surface area contributed by atoms with Crippen molar-refractivity contribution in [2.24, 2.45) is 0 Å². The number of phenolic OH excluding ortho intramolecular Hbond substituents is 1. The second-order valence-electron chi connectivity index (χ2n) is 11.9. The van der Waals surface area contributed by atoms with Crippen LogP contribution < -0.4 is 41.6 Å². The van der Waals surface area contributed by atoms with Gasteiger partial charge in [0.15, 0.2) is 0 Å². The molecular formula is C45H43O2PSi. The molecule has 7 aromatic carbocycles. The summed E-state index contributed by atoms with van der Waals surface area (Å²) in [6, 6.07) is 66.0. The number of benzene rings is 7. The molecule has 7 rings (SSSR count). The van der Waals surface area contributed by atoms with Crippen molar-refractivity contribution in [1.29, 1.82) is 0 Å². The summed E-state index contributed by atoms with van der Waals surface area (Å²) in [7, 11) is -5.22. The van der Waals surface area contributed by atoms with Crippen LogP contribution >= 0.6 is 7.26 Å². The number of aromatic hydroxyl groups is 1. The van der Waals surface area contributed by atoms with Crippen molar-refractivity contribution < 1.29 is 9.90 Å². The average molecular weight is 675 g/mol. The first kappa shape index (κ1) is 35.3. The Bertz CT molecular complexity index is 1820. The highest BCUT2D eigenvalue weighted by Crippen LogP contribution is 2.54. The summed E-state index contributed by atoms with van der Waals surface area (Å²) >= 11 is 0. The molecule has 0 aliphatic rings. The molecular weight excluding hydrogens is 632 g/mol. The summed E-state index contributed by atoms with van der Waals surface area (Å²) in [5.41, 5.74) is 1.84. The van der Waals surface area contributed by atoms with Gasteiger partial charge in [-0.25, -0.2) is 0 Å². The third-order valence-electron chi connectivity index (χ3n) is 8.83. The number of phenols is 1. The Morgan fingerprint density at radius 3 is 0.918 bits per heavy atom. The first-order chi connectivity index (χ1) is 23.5. The minimum Gasteiger partial charge on any atom is -0.848 e. The molecule has 0 bridgehead atoms. The minimum atomic E-state index is -3.13. The molecule has 0 saturated carbocycles. The fourth-order valence-electron chi connectivity index (χ4n) is 6.49. The second kappa shape index (κ2) is 15.9. The Hall–Kier alpha value is -5.05. The van der Waals surface area contributed by atoms with E-state index in [2.05, 4.69) is 103 Å². The molecule has 0 aliphatic carbocycles. The third-order valence-corrected chi connectivity index (χ3v) is 16.5. The summed E-state index contributed by atoms with van der Waals surface area (Å²) in [5, 5.41) is 18.3. The highest BCUT2D eigenvalue weighted by Gasteiger charge is 2.48. The van der Waals surface area contributed by atoms with Crippen LogP contribution in [0.2, 0.25) is 0 Å². The molecule has 0 atom stereocenters. The molecule has 0 heterocycles. The smallest absolute Gasteiger partial charge is 0.144 e. The van der Waals surface area contributed by atoms with Gasteiger partial charge >= 0.3 is 0 Å². The van der Waals surface area contributed by atoms with Crippen LogP contribution in [0.15, 0.2) is 194 Å². The van der Waals surface area contributed by atoms with Gasteiger partial charge in [-0.05, 0) is 73.5 Å². The largest absolute Gasteiger partial charge is 0.848 e. The lowest BCUT2D eigenvalue weighted by Gasteiger charge is -2.40. The lowest BCUT2D eigenvalue weighted by atomic mass is 10.1. The molecule has 0 spiro atoms. The maximum Gasteiger partial charge on any atom is 0.144 e. The molecule has 0 saturated heterocycles. The van der Waals surface area contributed by atoms with E-state index in [9.17, 15) is 9.90 Å². The van der Waals surface area contributed by atoms with E-state index >= 15 is 0 Å². The average Bonchev–Trinajstić information content (AvgIpc) is 3.16. The zero-order valence-electron chi connectivity index (χ0n) is 27.3. The third kappa shape index (κ3) is 7.07. The van der Waals surface area contributed by atoms with Crippen LogP contribution in [0.3, 0.4) is 0 Å². The molecule has 0 aromatic heterocycles. The predicted octanol–water partition coefficient (Wildman–Crippen LogP) is 6.28. The fourth-order valence-corrected chi connectivity index (χ4v) is 13.9. The number of aryl methyl sites for hydroxylation is 2. The van der Waals surface area contributed by atoms with Gasteiger partial charge in [-0.15, -0.1) is 0 Å². The summed E-state index contributed by atoms with van der Waals surface area (Å²) in [6.45, 7) is 3.98. The zero-order valence-corrected chi connectivity index (χ0v) is 29.2. The van der Waals surface area contributed by atoms with Crippen molar-refractivity contribution in [3.05, 3.63) is 205 Å². The van der Waals surface area contributed by atoms with Crippen molar-refractivity contribution in [3.8, 4) is 5.75 Å². The van der Waals surface area contributed by atoms with Crippen molar-refractivity contribution in [2.75, 3.05) is 0 Å². The molecule has 4 heteroatoms. The standard InChI is InChI=1S/C26H23OP.C18H15OSi.CH4/c1-20-18-25(19-21(2)26(20)27)28(22-12-6-3-7-13-22,23-14-8-4-9-15-23)24-16-10-5-11-17-24;19-20(16-10-4-1-5-11-16,17-12-6-2-7-13-17)18-14-8-3-9-15-18;/h3-19H,1-2H3;1-15H;1H4/q;-1;/p+1. The Balaban J connectivity index is 0.000000197. The molecule has 0 radical (unpaired) electrons. The van der Waals surface area contributed by atoms with Crippen LogP contribution in [0.25, 0.3) is 0 Å². The van der Waals surface area contributed by atoms with Crippen LogP contribution in [-0.2, 0) is 0 Å². The van der Waals surface area contributed by atoms with Crippen LogP contribution in [-0.4, -0.2) is 13.4 Å². The maximum atomic E-state index is 13.8. The monoisotopic (exact) mass is 674 g/mol. The lowest BCUT2D eigenvalue weighted by Crippen LogP contribution is -2.76. The summed E-state index contributed by atoms with van der Waals surface area (Å²) < 4.78 is 0. The molecule has 49 heavy (non-hydrogen) atoms. The SMILES string of the molecule is C.Cc1cc([P+](c2ccccc2)(c2ccccc2)c2ccccc2)cc(C)c1O.[O-][Si](c1ccccc1)(c1ccccc1)c1ccccc1. The second-order valence-corrected chi connectivity index (χ2v) is 18.4. The number of hydrogen-bond acceptors (Lipinski definition) is 2. The van der Waals surface area contributed by atoms with E-state index in [0.717, 1.165) is 26.7 Å². The molecule has 0 amide bonds. The number of rotatable bonds is 7. The molecule has 0 unspecified atom stereocenters. The number of hydrogen-bond donors (Lipinski definition) is 1. The van der Waals surface area contributed by atoms with Crippen LogP contribution in [0, 0.1) is 13.8 Å². The van der Waals surface area contributed by atoms with Gasteiger partial charge in [0.25, 0.3) is 0 Å². The van der Waals surface area contributed by atoms with E-state index in [4.69, 9.17) is 0 Å². The van der Waals surface area contributed by atoms with Gasteiger partial charge in [-0.3, -0.25) is 0 Å². The van der Waals surface area contributed by atoms with Crippen LogP contribution in [0.4, 0.5) is 0 Å². The van der Waals surface area contributed by atoms with Gasteiger partial charge in [0.05, 0.1) is 8.32 Å². The summed E-state index contributed by atoms with van der Waals surface area (Å²) in [4.78, 5) is 13.8. The predicted molar refractivity (Wildman–Crippen MR) is 213 cm³/mol. The van der Waals surface area contributed by atoms with Gasteiger partial charge < -0.3 is 9.90 Å². The molecule has 7 aromatic rings. The van der Waals surface area contributed by atoms with Crippen molar-refractivity contribution in [2.45, 2.75) is 21.3 Å². The van der Waals surface area contributed by atoms with E-state index in [1.165, 1.54) is 21.2 Å². The van der Waals surface area contributed by atoms with E-state index in [-0.39, 0.29) is 7.43 Å². The van der Waals surface area contributed by atoms with Gasteiger partial charge in [-0.2, -0.15) is 0 Å². The van der Waals surface area contributed by atoms with Gasteiger partial charge in [0.1, 0.15) is 34.2 Å². The van der Waals surface area contributed by atoms with E-state index in [1.54, 1.807) is 0 Å². The van der Waals surface area contributed by atoms with Crippen molar-refractivity contribution in [3.63, 3.8) is 0 Å². The normalized spacial score (nSPS) is 11.1. The molecule has 1 N–H and O–H groups in total. The Morgan fingerprint density at radius 2 is 0.653 bits per heavy atom. The highest BCUT2D eigenvalue weighted by molar-refractivity contribution is 8.01. The van der Waals surface area contributed by atoms with E-state index in [1.807, 2.05) is 105 Å². The highest BCUT2D eigenvalue weighted by atomic mass is 31.2. The summed E-state index contributed by atoms with van der Waals surface area (Å²) in [5.74, 6) is 0.385. The first-order valence-corrected chi connectivity index (χ1v) is 19.9. The summed E-state index contributed by atoms with van der Waals surface area (Å²) in [6.07, 6.45) is 0. The van der Waals surface area contributed by atoms with Gasteiger partial charge in [-0.1, -0.05) is 169 Å². The quantitative estimate of drug-likeness (QED) is 0.123. The van der Waals surface area contributed by atoms with Crippen LogP contribution in [0.1, 0.15) is 18.6 Å². The van der Waals surface area contributed by atoms with Gasteiger partial charge in [0.2, 0.25) is 0 Å². The Kier molecular flexibility index (Phi) is 11.4. The topological polar surface area (TPSA) is 43.3 Å². The first-order valence-electron chi connectivity index (χ1n) is 16.2. The van der Waals surface area contributed by atoms with Gasteiger partial charge in [0, 0.05) is 0 Å². The molecule has 0 aliphatic heterocycles. The maximum absolute atomic E-state index is 13.8. The Labute approximate surface area is 293 Å².